The van der Waals surface area contributed by atoms with Crippen molar-refractivity contribution in [1.82, 2.24) is 0 Å². The van der Waals surface area contributed by atoms with Gasteiger partial charge in [-0.2, -0.15) is 0 Å². The average Bonchev–Trinajstić information content (AvgIpc) is 3.48. The number of fused-ring (bicyclic) bond motifs is 4. The van der Waals surface area contributed by atoms with Gasteiger partial charge in [0.25, 0.3) is 0 Å². The van der Waals surface area contributed by atoms with Gasteiger partial charge in [0.1, 0.15) is 5.75 Å². The standard InChI is InChI=1S/C47H34ClNO6/c48-39-24-32(50)20-21-34(39)42-33-22-23-35-41(46(55)49(45(35)54)31-18-16-29(17-19-31)43(52)28-12-6-2-7-13-28)37(33)25-38-44(53)36(27-10-4-1-5-11-27)26-40(51)47(38,42)30-14-8-3-9-15-30/h1-22,24,26,35,37-38,41-42,50H,23,25H2/t35-,37+,38-,41-,42+,47-/m0/s1. The number of aromatic hydroxyl groups is 1. The predicted molar refractivity (Wildman–Crippen MR) is 208 cm³/mol. The minimum atomic E-state index is -1.43. The Morgan fingerprint density at radius 2 is 1.36 bits per heavy atom. The Balaban J connectivity index is 1.18. The number of carbonyl (C=O) groups is 5. The molecule has 5 aromatic carbocycles. The molecular weight excluding hydrogens is 710 g/mol. The Labute approximate surface area is 322 Å². The van der Waals surface area contributed by atoms with Crippen molar-refractivity contribution >= 4 is 52.0 Å². The van der Waals surface area contributed by atoms with Crippen molar-refractivity contribution in [3.05, 3.63) is 184 Å². The van der Waals surface area contributed by atoms with E-state index in [1.165, 1.54) is 23.1 Å². The van der Waals surface area contributed by atoms with Crippen LogP contribution in [-0.2, 0) is 24.6 Å². The molecule has 4 aliphatic rings. The van der Waals surface area contributed by atoms with Crippen molar-refractivity contribution in [2.24, 2.45) is 23.7 Å². The van der Waals surface area contributed by atoms with E-state index < -0.39 is 35.0 Å². The molecule has 1 saturated carbocycles. The Morgan fingerprint density at radius 3 is 2.04 bits per heavy atom. The number of ketones is 3. The number of hydrogen-bond donors (Lipinski definition) is 1. The summed E-state index contributed by atoms with van der Waals surface area (Å²) < 4.78 is 0. The molecule has 2 amide bonds. The van der Waals surface area contributed by atoms with E-state index in [1.54, 1.807) is 66.7 Å². The number of phenols is 1. The summed E-state index contributed by atoms with van der Waals surface area (Å²) in [4.78, 5) is 73.6. The molecule has 1 heterocycles. The van der Waals surface area contributed by atoms with Crippen LogP contribution in [0.2, 0.25) is 5.02 Å². The molecular formula is C47H34ClNO6. The van der Waals surface area contributed by atoms with Crippen LogP contribution >= 0.6 is 11.6 Å². The number of halogens is 1. The van der Waals surface area contributed by atoms with Crippen LogP contribution in [-0.4, -0.2) is 34.3 Å². The van der Waals surface area contributed by atoms with E-state index in [-0.39, 0.29) is 52.8 Å². The van der Waals surface area contributed by atoms with Crippen LogP contribution < -0.4 is 4.90 Å². The van der Waals surface area contributed by atoms with Gasteiger partial charge in [0.15, 0.2) is 17.3 Å². The third-order valence-electron chi connectivity index (χ3n) is 12.1. The number of imide groups is 1. The van der Waals surface area contributed by atoms with Gasteiger partial charge in [0.2, 0.25) is 11.8 Å². The van der Waals surface area contributed by atoms with Crippen molar-refractivity contribution in [1.29, 1.82) is 0 Å². The van der Waals surface area contributed by atoms with Crippen LogP contribution in [0.25, 0.3) is 5.57 Å². The van der Waals surface area contributed by atoms with Gasteiger partial charge in [0.05, 0.1) is 22.9 Å². The highest BCUT2D eigenvalue weighted by atomic mass is 35.5. The number of allylic oxidation sites excluding steroid dienone is 4. The summed E-state index contributed by atoms with van der Waals surface area (Å²) in [6.07, 6.45) is 3.84. The number of benzene rings is 5. The summed E-state index contributed by atoms with van der Waals surface area (Å²) in [5.41, 5.74) is 2.79. The van der Waals surface area contributed by atoms with E-state index in [0.717, 1.165) is 5.57 Å². The predicted octanol–water partition coefficient (Wildman–Crippen LogP) is 8.31. The van der Waals surface area contributed by atoms with E-state index in [4.69, 9.17) is 11.6 Å². The topological polar surface area (TPSA) is 109 Å². The molecule has 0 spiro atoms. The Bertz CT molecular complexity index is 2480. The zero-order chi connectivity index (χ0) is 38.0. The van der Waals surface area contributed by atoms with Crippen LogP contribution in [0, 0.1) is 23.7 Å². The van der Waals surface area contributed by atoms with E-state index in [9.17, 15) is 19.5 Å². The smallest absolute Gasteiger partial charge is 0.238 e. The third-order valence-corrected chi connectivity index (χ3v) is 12.4. The second-order valence-corrected chi connectivity index (χ2v) is 15.2. The molecule has 1 N–H and O–H groups in total. The quantitative estimate of drug-likeness (QED) is 0.107. The maximum Gasteiger partial charge on any atom is 0.238 e. The average molecular weight is 744 g/mol. The van der Waals surface area contributed by atoms with Crippen LogP contribution in [0.15, 0.2) is 151 Å². The number of phenolic OH excluding ortho intramolecular Hbond substituents is 1. The number of nitrogens with zero attached hydrogens (tertiary/aromatic N) is 1. The molecule has 9 rings (SSSR count). The van der Waals surface area contributed by atoms with Gasteiger partial charge in [-0.3, -0.25) is 28.9 Å². The monoisotopic (exact) mass is 743 g/mol. The molecule has 55 heavy (non-hydrogen) atoms. The fraction of sp³-hybridized carbons (Fsp3) is 0.170. The second-order valence-electron chi connectivity index (χ2n) is 14.7. The molecule has 8 heteroatoms. The summed E-state index contributed by atoms with van der Waals surface area (Å²) in [6, 6.07) is 38.4. The number of Topliss-reactive ketones (excluding diaryl/α,β-unsaturated/α-hetero) is 1. The molecule has 1 aliphatic heterocycles. The Hall–Kier alpha value is -6.18. The summed E-state index contributed by atoms with van der Waals surface area (Å²) >= 11 is 6.97. The van der Waals surface area contributed by atoms with Crippen LogP contribution in [0.4, 0.5) is 5.69 Å². The van der Waals surface area contributed by atoms with Crippen molar-refractivity contribution in [2.45, 2.75) is 24.2 Å². The lowest BCUT2D eigenvalue weighted by Gasteiger charge is -2.55. The summed E-state index contributed by atoms with van der Waals surface area (Å²) in [7, 11) is 0. The highest BCUT2D eigenvalue weighted by molar-refractivity contribution is 6.33. The first-order valence-corrected chi connectivity index (χ1v) is 18.7. The largest absolute Gasteiger partial charge is 0.508 e. The fourth-order valence-electron chi connectivity index (χ4n) is 9.74. The molecule has 2 fully saturated rings. The number of anilines is 1. The first kappa shape index (κ1) is 34.6. The molecule has 1 saturated heterocycles. The van der Waals surface area contributed by atoms with E-state index >= 15 is 9.59 Å². The fourth-order valence-corrected chi connectivity index (χ4v) is 10.0. The van der Waals surface area contributed by atoms with Gasteiger partial charge in [-0.05, 0) is 77.9 Å². The van der Waals surface area contributed by atoms with Crippen LogP contribution in [0.1, 0.15) is 51.4 Å². The summed E-state index contributed by atoms with van der Waals surface area (Å²) in [5, 5.41) is 10.7. The highest BCUT2D eigenvalue weighted by Gasteiger charge is 2.66. The van der Waals surface area contributed by atoms with E-state index in [0.29, 0.717) is 39.1 Å². The van der Waals surface area contributed by atoms with Crippen LogP contribution in [0.3, 0.4) is 0 Å². The maximum absolute atomic E-state index is 15.2. The molecule has 0 bridgehead atoms. The molecule has 3 aliphatic carbocycles. The number of amides is 2. The van der Waals surface area contributed by atoms with E-state index in [1.807, 2.05) is 60.7 Å². The number of rotatable bonds is 6. The summed E-state index contributed by atoms with van der Waals surface area (Å²) in [6.45, 7) is 0. The second kappa shape index (κ2) is 13.3. The van der Waals surface area contributed by atoms with Crippen molar-refractivity contribution < 1.29 is 29.1 Å². The molecule has 0 radical (unpaired) electrons. The lowest BCUT2D eigenvalue weighted by Crippen LogP contribution is -2.58. The zero-order valence-electron chi connectivity index (χ0n) is 29.5. The Morgan fingerprint density at radius 1 is 0.727 bits per heavy atom. The number of carbonyl (C=O) groups excluding carboxylic acids is 5. The number of hydrogen-bond acceptors (Lipinski definition) is 6. The third kappa shape index (κ3) is 5.29. The van der Waals surface area contributed by atoms with Gasteiger partial charge in [0, 0.05) is 33.6 Å². The lowest BCUT2D eigenvalue weighted by atomic mass is 9.44. The molecule has 7 nitrogen and oxygen atoms in total. The summed E-state index contributed by atoms with van der Waals surface area (Å²) in [5.74, 6) is -5.21. The zero-order valence-corrected chi connectivity index (χ0v) is 30.2. The lowest BCUT2D eigenvalue weighted by molar-refractivity contribution is -0.135. The van der Waals surface area contributed by atoms with Crippen molar-refractivity contribution in [3.8, 4) is 5.75 Å². The van der Waals surface area contributed by atoms with Crippen molar-refractivity contribution in [2.75, 3.05) is 4.90 Å². The molecule has 0 unspecified atom stereocenters. The van der Waals surface area contributed by atoms with Crippen molar-refractivity contribution in [3.63, 3.8) is 0 Å². The minimum absolute atomic E-state index is 0.0508. The molecule has 270 valence electrons. The van der Waals surface area contributed by atoms with E-state index in [2.05, 4.69) is 0 Å². The Kier molecular flexibility index (Phi) is 8.35. The maximum atomic E-state index is 15.2. The molecule has 6 atom stereocenters. The molecule has 5 aromatic rings. The molecule has 0 aromatic heterocycles. The SMILES string of the molecule is O=C(c1ccccc1)c1ccc(N2C(=O)[C@H]3[C@H](CC=C4[C@H]3C[C@H]3C(=O)C(c5ccccc5)=CC(=O)[C@@]3(c3ccccc3)[C@H]4c3ccc(O)cc3Cl)C2=O)cc1. The first-order valence-electron chi connectivity index (χ1n) is 18.4. The highest BCUT2D eigenvalue weighted by Crippen LogP contribution is 2.64. The van der Waals surface area contributed by atoms with Gasteiger partial charge in [-0.15, -0.1) is 0 Å². The van der Waals surface area contributed by atoms with Gasteiger partial charge in [-0.1, -0.05) is 120 Å². The van der Waals surface area contributed by atoms with Crippen LogP contribution in [0.5, 0.6) is 5.75 Å². The van der Waals surface area contributed by atoms with Gasteiger partial charge in [-0.25, -0.2) is 0 Å². The normalized spacial score (nSPS) is 25.8. The van der Waals surface area contributed by atoms with Gasteiger partial charge >= 0.3 is 0 Å². The first-order chi connectivity index (χ1) is 26.7. The van der Waals surface area contributed by atoms with Gasteiger partial charge < -0.3 is 5.11 Å². The minimum Gasteiger partial charge on any atom is -0.508 e.